The lowest BCUT2D eigenvalue weighted by Gasteiger charge is -2.12. The molecular weight excluding hydrogens is 192 g/mol. The molecule has 15 heavy (non-hydrogen) atoms. The molecule has 1 aromatic carbocycles. The number of carbonyl (C=O) groups is 1. The minimum Gasteiger partial charge on any atom is -0.491 e. The number of ether oxygens (including phenoxy) is 2. The van der Waals surface area contributed by atoms with E-state index in [2.05, 4.69) is 6.92 Å². The maximum atomic E-state index is 11.3. The first-order valence-electron chi connectivity index (χ1n) is 5.17. The van der Waals surface area contributed by atoms with Gasteiger partial charge < -0.3 is 9.47 Å². The highest BCUT2D eigenvalue weighted by Crippen LogP contribution is 2.29. The van der Waals surface area contributed by atoms with Gasteiger partial charge in [0.25, 0.3) is 0 Å². The molecule has 0 amide bonds. The summed E-state index contributed by atoms with van der Waals surface area (Å²) in [6.45, 7) is 4.24. The number of benzene rings is 1. The number of hydrogen-bond donors (Lipinski definition) is 0. The van der Waals surface area contributed by atoms with Gasteiger partial charge in [-0.2, -0.15) is 0 Å². The maximum absolute atomic E-state index is 11.3. The number of carbonyl (C=O) groups excluding carboxylic acids is 1. The van der Waals surface area contributed by atoms with E-state index in [0.717, 1.165) is 12.2 Å². The standard InChI is InChI=1S/C12H14O3/c1-3-8(2)15-9-4-5-10-11(13)7-14-12(10)6-9/h4-6,8H,3,7H2,1-2H3. The SMILES string of the molecule is CCC(C)Oc1ccc2c(c1)OCC2=O. The van der Waals surface area contributed by atoms with Gasteiger partial charge in [-0.25, -0.2) is 0 Å². The van der Waals surface area contributed by atoms with E-state index in [1.54, 1.807) is 12.1 Å². The molecule has 1 aromatic rings. The summed E-state index contributed by atoms with van der Waals surface area (Å²) in [5, 5.41) is 0. The van der Waals surface area contributed by atoms with Gasteiger partial charge in [-0.05, 0) is 25.5 Å². The van der Waals surface area contributed by atoms with E-state index < -0.39 is 0 Å². The normalized spacial score (nSPS) is 15.7. The Balaban J connectivity index is 2.19. The molecule has 0 aromatic heterocycles. The van der Waals surface area contributed by atoms with E-state index in [4.69, 9.17) is 9.47 Å². The molecule has 1 atom stereocenters. The van der Waals surface area contributed by atoms with Crippen molar-refractivity contribution >= 4 is 5.78 Å². The molecule has 1 unspecified atom stereocenters. The van der Waals surface area contributed by atoms with Crippen molar-refractivity contribution < 1.29 is 14.3 Å². The number of Topliss-reactive ketones (excluding diaryl/α,β-unsaturated/α-hetero) is 1. The molecule has 3 nitrogen and oxygen atoms in total. The van der Waals surface area contributed by atoms with Gasteiger partial charge in [0.15, 0.2) is 6.61 Å². The van der Waals surface area contributed by atoms with Crippen molar-refractivity contribution in [3.05, 3.63) is 23.8 Å². The van der Waals surface area contributed by atoms with Gasteiger partial charge in [0.2, 0.25) is 5.78 Å². The van der Waals surface area contributed by atoms with Gasteiger partial charge in [-0.3, -0.25) is 4.79 Å². The predicted octanol–water partition coefficient (Wildman–Crippen LogP) is 2.44. The van der Waals surface area contributed by atoms with Gasteiger partial charge >= 0.3 is 0 Å². The Morgan fingerprint density at radius 1 is 1.53 bits per heavy atom. The van der Waals surface area contributed by atoms with E-state index in [0.29, 0.717) is 11.3 Å². The summed E-state index contributed by atoms with van der Waals surface area (Å²) in [6, 6.07) is 5.37. The van der Waals surface area contributed by atoms with E-state index >= 15 is 0 Å². The molecule has 1 heterocycles. The average molecular weight is 206 g/mol. The smallest absolute Gasteiger partial charge is 0.203 e. The second-order valence-corrected chi connectivity index (χ2v) is 3.71. The minimum absolute atomic E-state index is 0.0417. The Morgan fingerprint density at radius 2 is 2.33 bits per heavy atom. The number of ketones is 1. The second kappa shape index (κ2) is 3.93. The van der Waals surface area contributed by atoms with Crippen LogP contribution in [0.4, 0.5) is 0 Å². The van der Waals surface area contributed by atoms with Crippen LogP contribution in [0.15, 0.2) is 18.2 Å². The molecule has 0 radical (unpaired) electrons. The van der Waals surface area contributed by atoms with Crippen LogP contribution >= 0.6 is 0 Å². The number of fused-ring (bicyclic) bond motifs is 1. The summed E-state index contributed by atoms with van der Waals surface area (Å²) >= 11 is 0. The molecule has 0 aliphatic carbocycles. The molecule has 0 saturated heterocycles. The summed E-state index contributed by atoms with van der Waals surface area (Å²) < 4.78 is 10.9. The van der Waals surface area contributed by atoms with Crippen molar-refractivity contribution in [2.45, 2.75) is 26.4 Å². The molecule has 1 aliphatic rings. The third-order valence-corrected chi connectivity index (χ3v) is 2.52. The average Bonchev–Trinajstić information content (AvgIpc) is 2.60. The summed E-state index contributed by atoms with van der Waals surface area (Å²) in [4.78, 5) is 11.3. The first kappa shape index (κ1) is 10.0. The van der Waals surface area contributed by atoms with Gasteiger partial charge in [-0.15, -0.1) is 0 Å². The predicted molar refractivity (Wildman–Crippen MR) is 56.6 cm³/mol. The molecule has 0 saturated carbocycles. The Kier molecular flexibility index (Phi) is 2.62. The maximum Gasteiger partial charge on any atom is 0.203 e. The van der Waals surface area contributed by atoms with Crippen LogP contribution in [0.2, 0.25) is 0 Å². The van der Waals surface area contributed by atoms with E-state index in [9.17, 15) is 4.79 Å². The fraction of sp³-hybridized carbons (Fsp3) is 0.417. The van der Waals surface area contributed by atoms with Crippen molar-refractivity contribution in [2.75, 3.05) is 6.61 Å². The topological polar surface area (TPSA) is 35.5 Å². The van der Waals surface area contributed by atoms with E-state index in [1.807, 2.05) is 13.0 Å². The lowest BCUT2D eigenvalue weighted by molar-refractivity contribution is 0.0961. The van der Waals surface area contributed by atoms with Crippen LogP contribution in [0.3, 0.4) is 0 Å². The van der Waals surface area contributed by atoms with Crippen molar-refractivity contribution in [3.8, 4) is 11.5 Å². The van der Waals surface area contributed by atoms with Crippen LogP contribution in [0.5, 0.6) is 11.5 Å². The molecule has 80 valence electrons. The summed E-state index contributed by atoms with van der Waals surface area (Å²) in [5.74, 6) is 1.44. The summed E-state index contributed by atoms with van der Waals surface area (Å²) in [5.41, 5.74) is 0.659. The van der Waals surface area contributed by atoms with Crippen molar-refractivity contribution in [1.82, 2.24) is 0 Å². The third-order valence-electron chi connectivity index (χ3n) is 2.52. The minimum atomic E-state index is 0.0417. The highest BCUT2D eigenvalue weighted by atomic mass is 16.5. The van der Waals surface area contributed by atoms with Gasteiger partial charge in [0.05, 0.1) is 11.7 Å². The molecule has 0 fully saturated rings. The van der Waals surface area contributed by atoms with Gasteiger partial charge in [0.1, 0.15) is 11.5 Å². The zero-order valence-electron chi connectivity index (χ0n) is 8.95. The fourth-order valence-corrected chi connectivity index (χ4v) is 1.46. The van der Waals surface area contributed by atoms with Crippen LogP contribution in [-0.2, 0) is 0 Å². The van der Waals surface area contributed by atoms with Crippen LogP contribution in [0.25, 0.3) is 0 Å². The molecular formula is C12H14O3. The van der Waals surface area contributed by atoms with Crippen molar-refractivity contribution in [2.24, 2.45) is 0 Å². The third kappa shape index (κ3) is 1.96. The summed E-state index contributed by atoms with van der Waals surface area (Å²) in [6.07, 6.45) is 1.14. The summed E-state index contributed by atoms with van der Waals surface area (Å²) in [7, 11) is 0. The van der Waals surface area contributed by atoms with Crippen molar-refractivity contribution in [1.29, 1.82) is 0 Å². The monoisotopic (exact) mass is 206 g/mol. The Bertz CT molecular complexity index is 384. The zero-order valence-corrected chi connectivity index (χ0v) is 8.95. The van der Waals surface area contributed by atoms with Gasteiger partial charge in [0, 0.05) is 6.07 Å². The van der Waals surface area contributed by atoms with Gasteiger partial charge in [-0.1, -0.05) is 6.92 Å². The lowest BCUT2D eigenvalue weighted by atomic mass is 10.1. The van der Waals surface area contributed by atoms with Crippen LogP contribution < -0.4 is 9.47 Å². The van der Waals surface area contributed by atoms with Crippen LogP contribution in [0, 0.1) is 0 Å². The molecule has 3 heteroatoms. The van der Waals surface area contributed by atoms with Crippen LogP contribution in [-0.4, -0.2) is 18.5 Å². The fourth-order valence-electron chi connectivity index (χ4n) is 1.46. The Labute approximate surface area is 89.0 Å². The van der Waals surface area contributed by atoms with Crippen molar-refractivity contribution in [3.63, 3.8) is 0 Å². The molecule has 2 rings (SSSR count). The Morgan fingerprint density at radius 3 is 3.07 bits per heavy atom. The molecule has 1 aliphatic heterocycles. The zero-order chi connectivity index (χ0) is 10.8. The lowest BCUT2D eigenvalue weighted by Crippen LogP contribution is -2.09. The molecule has 0 bridgehead atoms. The number of rotatable bonds is 3. The first-order chi connectivity index (χ1) is 7.20. The number of hydrogen-bond acceptors (Lipinski definition) is 3. The van der Waals surface area contributed by atoms with E-state index in [-0.39, 0.29) is 18.5 Å². The highest BCUT2D eigenvalue weighted by Gasteiger charge is 2.21. The quantitative estimate of drug-likeness (QED) is 0.762. The van der Waals surface area contributed by atoms with Crippen LogP contribution in [0.1, 0.15) is 30.6 Å². The highest BCUT2D eigenvalue weighted by molar-refractivity contribution is 6.02. The largest absolute Gasteiger partial charge is 0.491 e. The Hall–Kier alpha value is -1.51. The molecule has 0 N–H and O–H groups in total. The molecule has 0 spiro atoms. The first-order valence-corrected chi connectivity index (χ1v) is 5.17. The second-order valence-electron chi connectivity index (χ2n) is 3.71. The van der Waals surface area contributed by atoms with E-state index in [1.165, 1.54) is 0 Å².